The van der Waals surface area contributed by atoms with Crippen LogP contribution < -0.4 is 4.31 Å². The van der Waals surface area contributed by atoms with Gasteiger partial charge in [0.2, 0.25) is 15.9 Å². The number of likely N-dealkylation sites (N-methyl/N-ethyl adjacent to an activating group) is 1. The summed E-state index contributed by atoms with van der Waals surface area (Å²) in [5, 5.41) is 0. The van der Waals surface area contributed by atoms with Crippen LogP contribution in [0.3, 0.4) is 0 Å². The van der Waals surface area contributed by atoms with E-state index < -0.39 is 10.0 Å². The van der Waals surface area contributed by atoms with Gasteiger partial charge in [-0.2, -0.15) is 0 Å². The summed E-state index contributed by atoms with van der Waals surface area (Å²) in [6.07, 6.45) is 2.11. The Morgan fingerprint density at radius 1 is 1.20 bits per heavy atom. The minimum Gasteiger partial charge on any atom is -0.340 e. The first kappa shape index (κ1) is 19.7. The Balaban J connectivity index is 1.90. The van der Waals surface area contributed by atoms with E-state index >= 15 is 0 Å². The molecule has 7 heteroatoms. The average Bonchev–Trinajstić information content (AvgIpc) is 2.57. The second-order valence-corrected chi connectivity index (χ2v) is 8.50. The van der Waals surface area contributed by atoms with Gasteiger partial charge in [0.25, 0.3) is 0 Å². The molecule has 0 radical (unpaired) electrons. The predicted octanol–water partition coefficient (Wildman–Crippen LogP) is 1.71. The molecule has 1 aliphatic heterocycles. The zero-order valence-electron chi connectivity index (χ0n) is 15.4. The summed E-state index contributed by atoms with van der Waals surface area (Å²) < 4.78 is 25.6. The van der Waals surface area contributed by atoms with Crippen LogP contribution in [-0.4, -0.2) is 69.6 Å². The molecular formula is C18H29N3O3S. The third-order valence-electron chi connectivity index (χ3n) is 4.61. The molecule has 0 aliphatic carbocycles. The van der Waals surface area contributed by atoms with Gasteiger partial charge in [0.05, 0.1) is 11.9 Å². The van der Waals surface area contributed by atoms with Gasteiger partial charge in [0.15, 0.2) is 0 Å². The van der Waals surface area contributed by atoms with Crippen molar-refractivity contribution in [3.8, 4) is 0 Å². The monoisotopic (exact) mass is 367 g/mol. The van der Waals surface area contributed by atoms with E-state index in [0.717, 1.165) is 38.3 Å². The molecule has 1 aliphatic rings. The van der Waals surface area contributed by atoms with Crippen LogP contribution in [0.25, 0.3) is 0 Å². The van der Waals surface area contributed by atoms with Crippen molar-refractivity contribution in [1.29, 1.82) is 0 Å². The highest BCUT2D eigenvalue weighted by molar-refractivity contribution is 7.92. The molecule has 1 aromatic rings. The molecule has 140 valence electrons. The number of aryl methyl sites for hydroxylation is 1. The summed E-state index contributed by atoms with van der Waals surface area (Å²) in [6.45, 7) is 8.76. The number of rotatable bonds is 7. The first-order chi connectivity index (χ1) is 11.8. The molecule has 1 heterocycles. The fraction of sp³-hybridized carbons (Fsp3) is 0.611. The highest BCUT2D eigenvalue weighted by atomic mass is 32.2. The van der Waals surface area contributed by atoms with E-state index in [4.69, 9.17) is 0 Å². The number of carbonyl (C=O) groups excluding carboxylic acids is 1. The lowest BCUT2D eigenvalue weighted by atomic mass is 10.2. The van der Waals surface area contributed by atoms with E-state index in [9.17, 15) is 13.2 Å². The van der Waals surface area contributed by atoms with Gasteiger partial charge < -0.3 is 9.80 Å². The zero-order chi connectivity index (χ0) is 18.4. The van der Waals surface area contributed by atoms with Crippen molar-refractivity contribution in [3.63, 3.8) is 0 Å². The molecule has 1 amide bonds. The standard InChI is InChI=1S/C18H29N3O3S/c1-4-19-11-13-20(14-12-19)18(22)9-6-10-21(25(3,23)24)17-8-5-7-16(2)15-17/h5,7-8,15H,4,6,9-14H2,1-3H3. The van der Waals surface area contributed by atoms with Gasteiger partial charge in [-0.15, -0.1) is 0 Å². The average molecular weight is 368 g/mol. The van der Waals surface area contributed by atoms with E-state index in [0.29, 0.717) is 25.1 Å². The second kappa shape index (κ2) is 8.67. The summed E-state index contributed by atoms with van der Waals surface area (Å²) in [6, 6.07) is 7.43. The Morgan fingerprint density at radius 3 is 2.44 bits per heavy atom. The van der Waals surface area contributed by atoms with Crippen LogP contribution in [0.4, 0.5) is 5.69 Å². The number of hydrogen-bond donors (Lipinski definition) is 0. The van der Waals surface area contributed by atoms with Crippen molar-refractivity contribution in [2.75, 3.05) is 49.8 Å². The van der Waals surface area contributed by atoms with Crippen molar-refractivity contribution >= 4 is 21.6 Å². The van der Waals surface area contributed by atoms with Crippen molar-refractivity contribution in [2.45, 2.75) is 26.7 Å². The largest absolute Gasteiger partial charge is 0.340 e. The van der Waals surface area contributed by atoms with Gasteiger partial charge >= 0.3 is 0 Å². The first-order valence-corrected chi connectivity index (χ1v) is 10.7. The Bertz CT molecular complexity index is 683. The molecule has 6 nitrogen and oxygen atoms in total. The highest BCUT2D eigenvalue weighted by Crippen LogP contribution is 2.19. The van der Waals surface area contributed by atoms with E-state index in [2.05, 4.69) is 11.8 Å². The minimum atomic E-state index is -3.37. The van der Waals surface area contributed by atoms with Crippen molar-refractivity contribution in [1.82, 2.24) is 9.80 Å². The number of amides is 1. The van der Waals surface area contributed by atoms with Gasteiger partial charge in [-0.3, -0.25) is 9.10 Å². The Kier molecular flexibility index (Phi) is 6.84. The van der Waals surface area contributed by atoms with Crippen LogP contribution in [-0.2, 0) is 14.8 Å². The Hall–Kier alpha value is -1.60. The van der Waals surface area contributed by atoms with Crippen molar-refractivity contribution in [3.05, 3.63) is 29.8 Å². The van der Waals surface area contributed by atoms with E-state index in [1.165, 1.54) is 10.6 Å². The molecule has 0 saturated carbocycles. The number of carbonyl (C=O) groups is 1. The van der Waals surface area contributed by atoms with E-state index in [1.54, 1.807) is 6.07 Å². The van der Waals surface area contributed by atoms with E-state index in [-0.39, 0.29) is 5.91 Å². The van der Waals surface area contributed by atoms with Gasteiger partial charge in [-0.05, 0) is 37.6 Å². The Labute approximate surface area is 151 Å². The van der Waals surface area contributed by atoms with Crippen LogP contribution in [0.1, 0.15) is 25.3 Å². The van der Waals surface area contributed by atoms with Gasteiger partial charge in [-0.25, -0.2) is 8.42 Å². The van der Waals surface area contributed by atoms with Crippen LogP contribution in [0.15, 0.2) is 24.3 Å². The summed E-state index contributed by atoms with van der Waals surface area (Å²) in [7, 11) is -3.37. The van der Waals surface area contributed by atoms with Crippen LogP contribution in [0.2, 0.25) is 0 Å². The molecule has 2 rings (SSSR count). The minimum absolute atomic E-state index is 0.119. The van der Waals surface area contributed by atoms with Gasteiger partial charge in [0.1, 0.15) is 0 Å². The molecule has 0 bridgehead atoms. The predicted molar refractivity (Wildman–Crippen MR) is 101 cm³/mol. The molecule has 1 aromatic carbocycles. The van der Waals surface area contributed by atoms with Crippen LogP contribution >= 0.6 is 0 Å². The third kappa shape index (κ3) is 5.71. The first-order valence-electron chi connectivity index (χ1n) is 8.85. The molecule has 1 fully saturated rings. The summed E-state index contributed by atoms with van der Waals surface area (Å²) in [5.41, 5.74) is 1.67. The van der Waals surface area contributed by atoms with Crippen LogP contribution in [0, 0.1) is 6.92 Å². The number of nitrogens with zero attached hydrogens (tertiary/aromatic N) is 3. The lowest BCUT2D eigenvalue weighted by Crippen LogP contribution is -2.48. The van der Waals surface area contributed by atoms with Crippen LogP contribution in [0.5, 0.6) is 0 Å². The quantitative estimate of drug-likeness (QED) is 0.736. The number of sulfonamides is 1. The number of benzene rings is 1. The summed E-state index contributed by atoms with van der Waals surface area (Å²) >= 11 is 0. The smallest absolute Gasteiger partial charge is 0.232 e. The molecule has 25 heavy (non-hydrogen) atoms. The third-order valence-corrected chi connectivity index (χ3v) is 5.81. The maximum absolute atomic E-state index is 12.4. The van der Waals surface area contributed by atoms with E-state index in [1.807, 2.05) is 30.0 Å². The summed E-state index contributed by atoms with van der Waals surface area (Å²) in [5.74, 6) is 0.119. The second-order valence-electron chi connectivity index (χ2n) is 6.59. The maximum atomic E-state index is 12.4. The van der Waals surface area contributed by atoms with Crippen molar-refractivity contribution < 1.29 is 13.2 Å². The molecule has 1 saturated heterocycles. The zero-order valence-corrected chi connectivity index (χ0v) is 16.3. The SMILES string of the molecule is CCN1CCN(C(=O)CCCN(c2cccc(C)c2)S(C)(=O)=O)CC1. The van der Waals surface area contributed by atoms with Crippen molar-refractivity contribution in [2.24, 2.45) is 0 Å². The fourth-order valence-electron chi connectivity index (χ4n) is 3.12. The lowest BCUT2D eigenvalue weighted by Gasteiger charge is -2.34. The maximum Gasteiger partial charge on any atom is 0.232 e. The molecular weight excluding hydrogens is 338 g/mol. The van der Waals surface area contributed by atoms with Gasteiger partial charge in [0, 0.05) is 39.1 Å². The van der Waals surface area contributed by atoms with Gasteiger partial charge in [-0.1, -0.05) is 19.1 Å². The fourth-order valence-corrected chi connectivity index (χ4v) is 4.07. The molecule has 0 spiro atoms. The normalized spacial score (nSPS) is 16.0. The molecule has 0 atom stereocenters. The lowest BCUT2D eigenvalue weighted by molar-refractivity contribution is -0.132. The number of piperazine rings is 1. The Morgan fingerprint density at radius 2 is 1.88 bits per heavy atom. The topological polar surface area (TPSA) is 60.9 Å². The number of anilines is 1. The summed E-state index contributed by atoms with van der Waals surface area (Å²) in [4.78, 5) is 16.6. The molecule has 0 aromatic heterocycles. The number of hydrogen-bond acceptors (Lipinski definition) is 4. The highest BCUT2D eigenvalue weighted by Gasteiger charge is 2.21. The molecule has 0 unspecified atom stereocenters. The molecule has 0 N–H and O–H groups in total.